The van der Waals surface area contributed by atoms with Gasteiger partial charge in [0.2, 0.25) is 6.79 Å². The Morgan fingerprint density at radius 2 is 1.61 bits per heavy atom. The fraction of sp³-hybridized carbons (Fsp3) is 0.167. The number of ketones is 1. The number of carbonyl (C=O) groups is 2. The molecule has 1 N–H and O–H groups in total. The molecule has 31 heavy (non-hydrogen) atoms. The van der Waals surface area contributed by atoms with Crippen LogP contribution in [0.25, 0.3) is 0 Å². The van der Waals surface area contributed by atoms with Crippen LogP contribution in [0, 0.1) is 0 Å². The third kappa shape index (κ3) is 4.98. The summed E-state index contributed by atoms with van der Waals surface area (Å²) in [4.78, 5) is 24.9. The number of benzene rings is 3. The maximum absolute atomic E-state index is 12.5. The predicted octanol–water partition coefficient (Wildman–Crippen LogP) is 4.38. The summed E-state index contributed by atoms with van der Waals surface area (Å²) in [6.07, 6.45) is -0.702. The van der Waals surface area contributed by atoms with Gasteiger partial charge in [-0.1, -0.05) is 17.7 Å². The van der Waals surface area contributed by atoms with Crippen LogP contribution in [0.2, 0.25) is 5.02 Å². The Bertz CT molecular complexity index is 1100. The average Bonchev–Trinajstić information content (AvgIpc) is 3.26. The van der Waals surface area contributed by atoms with E-state index in [1.54, 1.807) is 55.5 Å². The van der Waals surface area contributed by atoms with Gasteiger partial charge in [0, 0.05) is 22.7 Å². The Hall–Kier alpha value is -3.51. The fourth-order valence-corrected chi connectivity index (χ4v) is 3.22. The van der Waals surface area contributed by atoms with Crippen LogP contribution in [0.4, 0.5) is 0 Å². The van der Waals surface area contributed by atoms with Crippen LogP contribution in [-0.2, 0) is 11.3 Å². The molecule has 0 saturated heterocycles. The molecule has 6 nitrogen and oxygen atoms in total. The minimum absolute atomic E-state index is 0.113. The van der Waals surface area contributed by atoms with E-state index in [2.05, 4.69) is 5.32 Å². The molecule has 1 aliphatic heterocycles. The first-order valence-electron chi connectivity index (χ1n) is 9.73. The number of nitrogens with one attached hydrogen (secondary N) is 1. The van der Waals surface area contributed by atoms with Gasteiger partial charge in [-0.15, -0.1) is 0 Å². The summed E-state index contributed by atoms with van der Waals surface area (Å²) in [6.45, 7) is 2.22. The van der Waals surface area contributed by atoms with Crippen LogP contribution >= 0.6 is 11.6 Å². The smallest absolute Gasteiger partial charge is 0.261 e. The Labute approximate surface area is 184 Å². The molecule has 4 rings (SSSR count). The average molecular weight is 438 g/mol. The Morgan fingerprint density at radius 3 is 2.32 bits per heavy atom. The van der Waals surface area contributed by atoms with Crippen molar-refractivity contribution in [1.82, 2.24) is 5.32 Å². The van der Waals surface area contributed by atoms with Gasteiger partial charge < -0.3 is 19.5 Å². The van der Waals surface area contributed by atoms with Gasteiger partial charge in [-0.25, -0.2) is 0 Å². The van der Waals surface area contributed by atoms with Gasteiger partial charge in [0.25, 0.3) is 5.91 Å². The van der Waals surface area contributed by atoms with Gasteiger partial charge in [0.05, 0.1) is 0 Å². The second-order valence-corrected chi connectivity index (χ2v) is 7.46. The van der Waals surface area contributed by atoms with Crippen LogP contribution in [-0.4, -0.2) is 24.6 Å². The SMILES string of the molecule is CC(Oc1ccc(C(=O)c2ccc(Cl)cc2)cc1)C(=O)NCc1ccc2c(c1)OCO2. The second-order valence-electron chi connectivity index (χ2n) is 7.03. The normalized spacial score (nSPS) is 12.8. The molecule has 0 radical (unpaired) electrons. The Kier molecular flexibility index (Phi) is 6.09. The van der Waals surface area contributed by atoms with E-state index in [0.29, 0.717) is 39.9 Å². The molecule has 7 heteroatoms. The lowest BCUT2D eigenvalue weighted by Gasteiger charge is -2.15. The first-order chi connectivity index (χ1) is 15.0. The summed E-state index contributed by atoms with van der Waals surface area (Å²) in [5.74, 6) is 1.50. The number of hydrogen-bond donors (Lipinski definition) is 1. The monoisotopic (exact) mass is 437 g/mol. The summed E-state index contributed by atoms with van der Waals surface area (Å²) >= 11 is 5.87. The molecule has 1 aliphatic rings. The molecule has 0 saturated carbocycles. The van der Waals surface area contributed by atoms with Crippen LogP contribution in [0.1, 0.15) is 28.4 Å². The van der Waals surface area contributed by atoms with Crippen molar-refractivity contribution in [3.63, 3.8) is 0 Å². The highest BCUT2D eigenvalue weighted by atomic mass is 35.5. The maximum Gasteiger partial charge on any atom is 0.261 e. The number of fused-ring (bicyclic) bond motifs is 1. The number of amides is 1. The lowest BCUT2D eigenvalue weighted by atomic mass is 10.0. The van der Waals surface area contributed by atoms with Gasteiger partial charge in [-0.05, 0) is 73.2 Å². The third-order valence-corrected chi connectivity index (χ3v) is 5.06. The molecule has 1 atom stereocenters. The summed E-state index contributed by atoms with van der Waals surface area (Å²) in [5.41, 5.74) is 1.97. The molecular weight excluding hydrogens is 418 g/mol. The van der Waals surface area contributed by atoms with Crippen molar-refractivity contribution in [3.8, 4) is 17.2 Å². The molecule has 3 aromatic carbocycles. The zero-order valence-electron chi connectivity index (χ0n) is 16.8. The van der Waals surface area contributed by atoms with Crippen molar-refractivity contribution in [1.29, 1.82) is 0 Å². The second kappa shape index (κ2) is 9.10. The van der Waals surface area contributed by atoms with Gasteiger partial charge in [-0.3, -0.25) is 9.59 Å². The number of hydrogen-bond acceptors (Lipinski definition) is 5. The molecule has 1 heterocycles. The van der Waals surface area contributed by atoms with Gasteiger partial charge in [0.1, 0.15) is 5.75 Å². The van der Waals surface area contributed by atoms with Gasteiger partial charge >= 0.3 is 0 Å². The first-order valence-corrected chi connectivity index (χ1v) is 10.1. The number of halogens is 1. The molecule has 0 bridgehead atoms. The van der Waals surface area contributed by atoms with Crippen molar-refractivity contribution < 1.29 is 23.8 Å². The van der Waals surface area contributed by atoms with Crippen LogP contribution in [0.15, 0.2) is 66.7 Å². The summed E-state index contributed by atoms with van der Waals surface area (Å²) in [7, 11) is 0. The third-order valence-electron chi connectivity index (χ3n) is 4.81. The van der Waals surface area contributed by atoms with Crippen LogP contribution in [0.3, 0.4) is 0 Å². The van der Waals surface area contributed by atoms with Gasteiger partial charge in [0.15, 0.2) is 23.4 Å². The van der Waals surface area contributed by atoms with E-state index < -0.39 is 6.10 Å². The quantitative estimate of drug-likeness (QED) is 0.555. The molecule has 0 spiro atoms. The highest BCUT2D eigenvalue weighted by molar-refractivity contribution is 6.30. The van der Waals surface area contributed by atoms with E-state index in [1.807, 2.05) is 18.2 Å². The summed E-state index contributed by atoms with van der Waals surface area (Å²) in [5, 5.41) is 3.42. The molecule has 3 aromatic rings. The van der Waals surface area contributed by atoms with E-state index in [0.717, 1.165) is 5.56 Å². The standard InChI is InChI=1S/C24H20ClNO5/c1-15(24(28)26-13-16-2-11-21-22(12-16)30-14-29-21)31-20-9-5-18(6-10-20)23(27)17-3-7-19(25)8-4-17/h2-12,15H,13-14H2,1H3,(H,26,28). The molecule has 0 aliphatic carbocycles. The molecule has 1 unspecified atom stereocenters. The van der Waals surface area contributed by atoms with Crippen molar-refractivity contribution in [2.75, 3.05) is 6.79 Å². The topological polar surface area (TPSA) is 73.9 Å². The van der Waals surface area contributed by atoms with Crippen LogP contribution in [0.5, 0.6) is 17.2 Å². The highest BCUT2D eigenvalue weighted by Gasteiger charge is 2.17. The molecule has 1 amide bonds. The van der Waals surface area contributed by atoms with Crippen molar-refractivity contribution >= 4 is 23.3 Å². The minimum atomic E-state index is -0.702. The number of ether oxygens (including phenoxy) is 3. The fourth-order valence-electron chi connectivity index (χ4n) is 3.09. The van der Waals surface area contributed by atoms with Crippen molar-refractivity contribution in [2.45, 2.75) is 19.6 Å². The van der Waals surface area contributed by atoms with E-state index in [9.17, 15) is 9.59 Å². The first kappa shape index (κ1) is 20.8. The summed E-state index contributed by atoms with van der Waals surface area (Å²) in [6, 6.07) is 18.9. The lowest BCUT2D eigenvalue weighted by Crippen LogP contribution is -2.35. The summed E-state index contributed by atoms with van der Waals surface area (Å²) < 4.78 is 16.3. The van der Waals surface area contributed by atoms with E-state index in [1.165, 1.54) is 0 Å². The van der Waals surface area contributed by atoms with E-state index >= 15 is 0 Å². The number of carbonyl (C=O) groups excluding carboxylic acids is 2. The van der Waals surface area contributed by atoms with Crippen LogP contribution < -0.4 is 19.5 Å². The molecular formula is C24H20ClNO5. The Balaban J connectivity index is 1.31. The minimum Gasteiger partial charge on any atom is -0.481 e. The van der Waals surface area contributed by atoms with E-state index in [-0.39, 0.29) is 18.5 Å². The van der Waals surface area contributed by atoms with Crippen molar-refractivity contribution in [3.05, 3.63) is 88.4 Å². The largest absolute Gasteiger partial charge is 0.481 e. The molecule has 0 fully saturated rings. The maximum atomic E-state index is 12.5. The zero-order chi connectivity index (χ0) is 21.8. The molecule has 0 aromatic heterocycles. The number of rotatable bonds is 7. The predicted molar refractivity (Wildman–Crippen MR) is 116 cm³/mol. The zero-order valence-corrected chi connectivity index (χ0v) is 17.5. The van der Waals surface area contributed by atoms with Crippen molar-refractivity contribution in [2.24, 2.45) is 0 Å². The molecule has 158 valence electrons. The van der Waals surface area contributed by atoms with E-state index in [4.69, 9.17) is 25.8 Å². The highest BCUT2D eigenvalue weighted by Crippen LogP contribution is 2.32. The lowest BCUT2D eigenvalue weighted by molar-refractivity contribution is -0.127. The van der Waals surface area contributed by atoms with Gasteiger partial charge in [-0.2, -0.15) is 0 Å². The Morgan fingerprint density at radius 1 is 0.968 bits per heavy atom.